The standard InChI is InChI=1S/C17H13ClN4OS/c18-12-1-3-13(4-2-12)22-16(14-9-24-10-15(14)21-22)20-17(23)11-5-7-19-8-6-11/h1-8H,9-10H2,(H,20,23). The predicted molar refractivity (Wildman–Crippen MR) is 95.8 cm³/mol. The lowest BCUT2D eigenvalue weighted by atomic mass is 10.2. The number of amides is 1. The van der Waals surface area contributed by atoms with E-state index < -0.39 is 0 Å². The average Bonchev–Trinajstić information content (AvgIpc) is 3.19. The van der Waals surface area contributed by atoms with E-state index in [2.05, 4.69) is 15.4 Å². The fourth-order valence-corrected chi connectivity index (χ4v) is 3.75. The van der Waals surface area contributed by atoms with E-state index in [1.807, 2.05) is 24.3 Å². The van der Waals surface area contributed by atoms with Crippen molar-refractivity contribution < 1.29 is 4.79 Å². The summed E-state index contributed by atoms with van der Waals surface area (Å²) in [6.45, 7) is 0. The second-order valence-electron chi connectivity index (χ2n) is 5.34. The molecule has 1 aliphatic rings. The summed E-state index contributed by atoms with van der Waals surface area (Å²) in [7, 11) is 0. The van der Waals surface area contributed by atoms with Crippen molar-refractivity contribution in [1.82, 2.24) is 14.8 Å². The van der Waals surface area contributed by atoms with Crippen molar-refractivity contribution in [2.75, 3.05) is 5.32 Å². The van der Waals surface area contributed by atoms with Crippen molar-refractivity contribution in [1.29, 1.82) is 0 Å². The molecular weight excluding hydrogens is 344 g/mol. The van der Waals surface area contributed by atoms with Gasteiger partial charge in [0.15, 0.2) is 0 Å². The Morgan fingerprint density at radius 2 is 1.88 bits per heavy atom. The Morgan fingerprint density at radius 3 is 2.62 bits per heavy atom. The van der Waals surface area contributed by atoms with Crippen LogP contribution in [0.4, 0.5) is 5.82 Å². The third-order valence-corrected chi connectivity index (χ3v) is 5.02. The van der Waals surface area contributed by atoms with Crippen LogP contribution in [-0.2, 0) is 11.5 Å². The number of thioether (sulfide) groups is 1. The second-order valence-corrected chi connectivity index (χ2v) is 6.77. The van der Waals surface area contributed by atoms with E-state index in [9.17, 15) is 4.79 Å². The highest BCUT2D eigenvalue weighted by Gasteiger charge is 2.25. The zero-order chi connectivity index (χ0) is 16.5. The summed E-state index contributed by atoms with van der Waals surface area (Å²) in [6.07, 6.45) is 3.21. The summed E-state index contributed by atoms with van der Waals surface area (Å²) in [5.74, 6) is 2.24. The van der Waals surface area contributed by atoms with Crippen molar-refractivity contribution in [3.05, 3.63) is 70.6 Å². The number of rotatable bonds is 3. The Morgan fingerprint density at radius 1 is 1.12 bits per heavy atom. The lowest BCUT2D eigenvalue weighted by Crippen LogP contribution is -2.16. The lowest BCUT2D eigenvalue weighted by Gasteiger charge is -2.11. The fourth-order valence-electron chi connectivity index (χ4n) is 2.59. The van der Waals surface area contributed by atoms with E-state index >= 15 is 0 Å². The van der Waals surface area contributed by atoms with E-state index in [1.165, 1.54) is 0 Å². The molecule has 0 bridgehead atoms. The van der Waals surface area contributed by atoms with Gasteiger partial charge < -0.3 is 5.32 Å². The summed E-state index contributed by atoms with van der Waals surface area (Å²) in [6, 6.07) is 10.8. The van der Waals surface area contributed by atoms with Gasteiger partial charge in [-0.25, -0.2) is 4.68 Å². The number of hydrogen-bond acceptors (Lipinski definition) is 4. The molecule has 5 nitrogen and oxygen atoms in total. The van der Waals surface area contributed by atoms with E-state index in [1.54, 1.807) is 41.0 Å². The molecule has 2 aromatic heterocycles. The zero-order valence-corrected chi connectivity index (χ0v) is 14.1. The predicted octanol–water partition coefficient (Wildman–Crippen LogP) is 3.92. The van der Waals surface area contributed by atoms with Gasteiger partial charge in [0, 0.05) is 40.0 Å². The highest BCUT2D eigenvalue weighted by Crippen LogP contribution is 2.36. The van der Waals surface area contributed by atoms with Gasteiger partial charge in [-0.3, -0.25) is 9.78 Å². The summed E-state index contributed by atoms with van der Waals surface area (Å²) < 4.78 is 1.78. The third kappa shape index (κ3) is 2.79. The molecule has 0 unspecified atom stereocenters. The number of aromatic nitrogens is 3. The smallest absolute Gasteiger partial charge is 0.256 e. The number of nitrogens with one attached hydrogen (secondary N) is 1. The molecule has 1 aromatic carbocycles. The van der Waals surface area contributed by atoms with Crippen molar-refractivity contribution in [2.24, 2.45) is 0 Å². The van der Waals surface area contributed by atoms with Gasteiger partial charge in [-0.1, -0.05) is 11.6 Å². The van der Waals surface area contributed by atoms with Gasteiger partial charge in [0.1, 0.15) is 5.82 Å². The van der Waals surface area contributed by atoms with Gasteiger partial charge in [0.2, 0.25) is 0 Å². The Balaban J connectivity index is 1.74. The number of benzene rings is 1. The SMILES string of the molecule is O=C(Nc1c2c(nn1-c1ccc(Cl)cc1)CSC2)c1ccncc1. The van der Waals surface area contributed by atoms with Gasteiger partial charge in [-0.2, -0.15) is 16.9 Å². The number of nitrogens with zero attached hydrogens (tertiary/aromatic N) is 3. The van der Waals surface area contributed by atoms with Crippen LogP contribution in [0.1, 0.15) is 21.6 Å². The van der Waals surface area contributed by atoms with Gasteiger partial charge in [-0.15, -0.1) is 0 Å². The number of halogens is 1. The first-order chi connectivity index (χ1) is 11.7. The number of carbonyl (C=O) groups is 1. The minimum atomic E-state index is -0.174. The summed E-state index contributed by atoms with van der Waals surface area (Å²) in [4.78, 5) is 16.5. The van der Waals surface area contributed by atoms with Crippen molar-refractivity contribution in [2.45, 2.75) is 11.5 Å². The van der Waals surface area contributed by atoms with Crippen LogP contribution in [0.25, 0.3) is 5.69 Å². The normalized spacial score (nSPS) is 12.9. The van der Waals surface area contributed by atoms with Gasteiger partial charge in [0.05, 0.1) is 11.4 Å². The Kier molecular flexibility index (Phi) is 4.00. The number of anilines is 1. The van der Waals surface area contributed by atoms with E-state index in [0.29, 0.717) is 10.6 Å². The van der Waals surface area contributed by atoms with Crippen molar-refractivity contribution in [3.8, 4) is 5.69 Å². The first-order valence-electron chi connectivity index (χ1n) is 7.38. The first kappa shape index (κ1) is 15.2. The van der Waals surface area contributed by atoms with Crippen LogP contribution in [0.2, 0.25) is 5.02 Å². The second kappa shape index (κ2) is 6.30. The molecular formula is C17H13ClN4OS. The Labute approximate surface area is 148 Å². The molecule has 0 saturated carbocycles. The maximum Gasteiger partial charge on any atom is 0.256 e. The van der Waals surface area contributed by atoms with Crippen molar-refractivity contribution >= 4 is 35.1 Å². The molecule has 7 heteroatoms. The molecule has 3 heterocycles. The van der Waals surface area contributed by atoms with Crippen molar-refractivity contribution in [3.63, 3.8) is 0 Å². The van der Waals surface area contributed by atoms with Gasteiger partial charge in [0.25, 0.3) is 5.91 Å². The third-order valence-electron chi connectivity index (χ3n) is 3.80. The molecule has 1 amide bonds. The molecule has 3 aromatic rings. The topological polar surface area (TPSA) is 59.8 Å². The van der Waals surface area contributed by atoms with E-state index in [-0.39, 0.29) is 5.91 Å². The van der Waals surface area contributed by atoms with Crippen LogP contribution in [0.5, 0.6) is 0 Å². The van der Waals surface area contributed by atoms with Crippen LogP contribution >= 0.6 is 23.4 Å². The monoisotopic (exact) mass is 356 g/mol. The van der Waals surface area contributed by atoms with E-state index in [4.69, 9.17) is 11.6 Å². The summed E-state index contributed by atoms with van der Waals surface area (Å²) >= 11 is 7.76. The minimum absolute atomic E-state index is 0.174. The molecule has 1 aliphatic heterocycles. The van der Waals surface area contributed by atoms with Crippen LogP contribution in [0.15, 0.2) is 48.8 Å². The molecule has 0 atom stereocenters. The van der Waals surface area contributed by atoms with Gasteiger partial charge >= 0.3 is 0 Å². The van der Waals surface area contributed by atoms with Gasteiger partial charge in [-0.05, 0) is 36.4 Å². The number of hydrogen-bond donors (Lipinski definition) is 1. The summed E-state index contributed by atoms with van der Waals surface area (Å²) in [5.41, 5.74) is 3.52. The largest absolute Gasteiger partial charge is 0.306 e. The highest BCUT2D eigenvalue weighted by atomic mass is 35.5. The number of pyridine rings is 1. The Bertz CT molecular complexity index is 893. The van der Waals surface area contributed by atoms with Crippen LogP contribution in [0.3, 0.4) is 0 Å². The lowest BCUT2D eigenvalue weighted by molar-refractivity contribution is 0.102. The van der Waals surface area contributed by atoms with Crippen LogP contribution in [-0.4, -0.2) is 20.7 Å². The fraction of sp³-hybridized carbons (Fsp3) is 0.118. The number of carbonyl (C=O) groups excluding carboxylic acids is 1. The molecule has 0 radical (unpaired) electrons. The average molecular weight is 357 g/mol. The Hall–Kier alpha value is -2.31. The minimum Gasteiger partial charge on any atom is -0.306 e. The molecule has 4 rings (SSSR count). The molecule has 0 aliphatic carbocycles. The maximum atomic E-state index is 12.5. The molecule has 1 N–H and O–H groups in total. The van der Waals surface area contributed by atoms with Crippen LogP contribution in [0, 0.1) is 0 Å². The first-order valence-corrected chi connectivity index (χ1v) is 8.91. The van der Waals surface area contributed by atoms with Crippen LogP contribution < -0.4 is 5.32 Å². The highest BCUT2D eigenvalue weighted by molar-refractivity contribution is 7.98. The molecule has 0 spiro atoms. The number of fused-ring (bicyclic) bond motifs is 1. The zero-order valence-electron chi connectivity index (χ0n) is 12.6. The molecule has 0 fully saturated rings. The molecule has 120 valence electrons. The quantitative estimate of drug-likeness (QED) is 0.772. The summed E-state index contributed by atoms with van der Waals surface area (Å²) in [5, 5.41) is 8.33. The maximum absolute atomic E-state index is 12.5. The molecule has 0 saturated heterocycles. The molecule has 24 heavy (non-hydrogen) atoms. The van der Waals surface area contributed by atoms with E-state index in [0.717, 1.165) is 34.3 Å².